The quantitative estimate of drug-likeness (QED) is 0.859. The number of benzene rings is 1. The third-order valence-corrected chi connectivity index (χ3v) is 6.44. The van der Waals surface area contributed by atoms with Crippen LogP contribution in [0.15, 0.2) is 33.7 Å². The number of aromatic nitrogens is 1. The molecule has 2 heterocycles. The maximum Gasteiger partial charge on any atom is 0.245 e. The highest BCUT2D eigenvalue weighted by Gasteiger charge is 2.39. The molecule has 9 heteroatoms. The molecule has 26 heavy (non-hydrogen) atoms. The lowest BCUT2D eigenvalue weighted by molar-refractivity contribution is -0.119. The fraction of sp³-hybridized carbons (Fsp3) is 0.412. The summed E-state index contributed by atoms with van der Waals surface area (Å²) in [5.41, 5.74) is 1.47. The van der Waals surface area contributed by atoms with Gasteiger partial charge in [0.1, 0.15) is 11.9 Å². The van der Waals surface area contributed by atoms with Crippen LogP contribution >= 0.6 is 0 Å². The molecule has 1 unspecified atom stereocenters. The average molecular weight is 381 g/mol. The second kappa shape index (κ2) is 7.16. The van der Waals surface area contributed by atoms with Crippen LogP contribution in [0.2, 0.25) is 0 Å². The Morgan fingerprint density at radius 1 is 1.38 bits per heavy atom. The largest absolute Gasteiger partial charge is 0.338 e. The van der Waals surface area contributed by atoms with Crippen molar-refractivity contribution in [3.05, 3.63) is 41.3 Å². The van der Waals surface area contributed by atoms with Crippen molar-refractivity contribution >= 4 is 21.8 Å². The van der Waals surface area contributed by atoms with E-state index in [4.69, 9.17) is 4.52 Å². The molecule has 3 rings (SSSR count). The number of rotatable bonds is 5. The zero-order valence-corrected chi connectivity index (χ0v) is 15.3. The number of hydrogen-bond donors (Lipinski definition) is 1. The van der Waals surface area contributed by atoms with Gasteiger partial charge in [-0.25, -0.2) is 12.8 Å². The molecule has 1 aromatic heterocycles. The Morgan fingerprint density at radius 2 is 2.08 bits per heavy atom. The maximum atomic E-state index is 13.1. The number of carbonyl (C=O) groups excluding carboxylic acids is 1. The fourth-order valence-corrected chi connectivity index (χ4v) is 4.70. The number of nitrogens with zero attached hydrogens (tertiary/aromatic N) is 2. The molecule has 1 saturated heterocycles. The minimum absolute atomic E-state index is 0.0392. The predicted molar refractivity (Wildman–Crippen MR) is 92.6 cm³/mol. The lowest BCUT2D eigenvalue weighted by atomic mass is 10.2. The van der Waals surface area contributed by atoms with Gasteiger partial charge in [0.05, 0.1) is 10.6 Å². The van der Waals surface area contributed by atoms with Crippen molar-refractivity contribution in [3.8, 4) is 0 Å². The van der Waals surface area contributed by atoms with Crippen LogP contribution in [-0.2, 0) is 21.2 Å². The van der Waals surface area contributed by atoms with Crippen molar-refractivity contribution in [2.45, 2.75) is 44.0 Å². The van der Waals surface area contributed by atoms with Crippen molar-refractivity contribution in [2.75, 3.05) is 11.9 Å². The molecule has 1 fully saturated rings. The van der Waals surface area contributed by atoms with Crippen LogP contribution < -0.4 is 5.32 Å². The summed E-state index contributed by atoms with van der Waals surface area (Å²) >= 11 is 0. The van der Waals surface area contributed by atoms with Crippen LogP contribution in [0.1, 0.15) is 31.0 Å². The molecule has 0 spiro atoms. The highest BCUT2D eigenvalue weighted by Crippen LogP contribution is 2.28. The summed E-state index contributed by atoms with van der Waals surface area (Å²) in [4.78, 5) is 12.6. The molecule has 1 N–H and O–H groups in total. The molecule has 140 valence electrons. The Hall–Kier alpha value is -2.26. The van der Waals surface area contributed by atoms with E-state index in [0.717, 1.165) is 27.7 Å². The summed E-state index contributed by atoms with van der Waals surface area (Å²) in [5, 5.41) is 6.52. The van der Waals surface area contributed by atoms with Gasteiger partial charge in [-0.2, -0.15) is 4.31 Å². The molecule has 1 aliphatic rings. The van der Waals surface area contributed by atoms with E-state index in [-0.39, 0.29) is 17.3 Å². The standard InChI is InChI=1S/C17H20FN3O4S/c1-3-14-11(2)17(25-20-14)19-16(22)15-5-4-10-21(15)26(23,24)13-8-6-12(18)7-9-13/h6-9,15H,3-5,10H2,1-2H3,(H,19,22). The molecule has 0 radical (unpaired) electrons. The number of halogens is 1. The number of carbonyl (C=O) groups is 1. The van der Waals surface area contributed by atoms with Crippen LogP contribution in [0.5, 0.6) is 0 Å². The zero-order chi connectivity index (χ0) is 18.9. The van der Waals surface area contributed by atoms with Gasteiger partial charge in [-0.15, -0.1) is 0 Å². The van der Waals surface area contributed by atoms with Gasteiger partial charge in [-0.05, 0) is 50.5 Å². The molecule has 1 aliphatic heterocycles. The van der Waals surface area contributed by atoms with Crippen molar-refractivity contribution in [1.29, 1.82) is 0 Å². The van der Waals surface area contributed by atoms with Crippen LogP contribution in [0.25, 0.3) is 0 Å². The lowest BCUT2D eigenvalue weighted by Gasteiger charge is -2.23. The van der Waals surface area contributed by atoms with E-state index in [9.17, 15) is 17.6 Å². The second-order valence-electron chi connectivity index (χ2n) is 6.15. The number of sulfonamides is 1. The van der Waals surface area contributed by atoms with Crippen LogP contribution in [0.4, 0.5) is 10.3 Å². The van der Waals surface area contributed by atoms with Crippen molar-refractivity contribution < 1.29 is 22.1 Å². The number of hydrogen-bond acceptors (Lipinski definition) is 5. The lowest BCUT2D eigenvalue weighted by Crippen LogP contribution is -2.43. The fourth-order valence-electron chi connectivity index (χ4n) is 3.04. The summed E-state index contributed by atoms with van der Waals surface area (Å²) in [6.07, 6.45) is 1.63. The molecular formula is C17H20FN3O4S. The van der Waals surface area contributed by atoms with Crippen molar-refractivity contribution in [2.24, 2.45) is 0 Å². The molecule has 1 atom stereocenters. The molecular weight excluding hydrogens is 361 g/mol. The first-order chi connectivity index (χ1) is 12.3. The van der Waals surface area contributed by atoms with E-state index < -0.39 is 27.8 Å². The number of amides is 1. The van der Waals surface area contributed by atoms with Crippen LogP contribution in [-0.4, -0.2) is 36.4 Å². The summed E-state index contributed by atoms with van der Waals surface area (Å²) in [5.74, 6) is -0.750. The van der Waals surface area contributed by atoms with Gasteiger partial charge in [-0.1, -0.05) is 12.1 Å². The topological polar surface area (TPSA) is 92.5 Å². The van der Waals surface area contributed by atoms with Gasteiger partial charge in [0.25, 0.3) is 0 Å². The Labute approximate surface area is 151 Å². The first-order valence-electron chi connectivity index (χ1n) is 8.38. The van der Waals surface area contributed by atoms with Gasteiger partial charge >= 0.3 is 0 Å². The molecule has 2 aromatic rings. The van der Waals surface area contributed by atoms with Crippen LogP contribution in [0, 0.1) is 12.7 Å². The van der Waals surface area contributed by atoms with Gasteiger partial charge < -0.3 is 4.52 Å². The average Bonchev–Trinajstić information content (AvgIpc) is 3.23. The molecule has 7 nitrogen and oxygen atoms in total. The van der Waals surface area contributed by atoms with E-state index in [1.807, 2.05) is 6.92 Å². The van der Waals surface area contributed by atoms with E-state index in [2.05, 4.69) is 10.5 Å². The number of anilines is 1. The monoisotopic (exact) mass is 381 g/mol. The Bertz CT molecular complexity index is 909. The minimum atomic E-state index is -3.89. The van der Waals surface area contributed by atoms with E-state index in [1.165, 1.54) is 12.1 Å². The predicted octanol–water partition coefficient (Wildman–Crippen LogP) is 2.48. The van der Waals surface area contributed by atoms with Gasteiger partial charge in [0, 0.05) is 12.1 Å². The Morgan fingerprint density at radius 3 is 2.69 bits per heavy atom. The van der Waals surface area contributed by atoms with Gasteiger partial charge in [-0.3, -0.25) is 10.1 Å². The molecule has 0 saturated carbocycles. The first kappa shape index (κ1) is 18.5. The van der Waals surface area contributed by atoms with Crippen molar-refractivity contribution in [1.82, 2.24) is 9.46 Å². The molecule has 0 aliphatic carbocycles. The molecule has 1 aromatic carbocycles. The highest BCUT2D eigenvalue weighted by molar-refractivity contribution is 7.89. The van der Waals surface area contributed by atoms with E-state index >= 15 is 0 Å². The summed E-state index contributed by atoms with van der Waals surface area (Å²) in [7, 11) is -3.89. The minimum Gasteiger partial charge on any atom is -0.338 e. The first-order valence-corrected chi connectivity index (χ1v) is 9.82. The smallest absolute Gasteiger partial charge is 0.245 e. The normalized spacial score (nSPS) is 18.2. The third-order valence-electron chi connectivity index (χ3n) is 4.52. The third kappa shape index (κ3) is 3.36. The number of nitrogens with one attached hydrogen (secondary N) is 1. The van der Waals surface area contributed by atoms with Gasteiger partial charge in [0.2, 0.25) is 21.8 Å². The zero-order valence-electron chi connectivity index (χ0n) is 14.5. The number of aryl methyl sites for hydroxylation is 1. The Kier molecular flexibility index (Phi) is 5.10. The van der Waals surface area contributed by atoms with Crippen LogP contribution in [0.3, 0.4) is 0 Å². The summed E-state index contributed by atoms with van der Waals surface area (Å²) in [6, 6.07) is 3.72. The summed E-state index contributed by atoms with van der Waals surface area (Å²) < 4.78 is 45.0. The summed E-state index contributed by atoms with van der Waals surface area (Å²) in [6.45, 7) is 3.93. The van der Waals surface area contributed by atoms with E-state index in [1.54, 1.807) is 6.92 Å². The van der Waals surface area contributed by atoms with Crippen molar-refractivity contribution in [3.63, 3.8) is 0 Å². The molecule has 1 amide bonds. The highest BCUT2D eigenvalue weighted by atomic mass is 32.2. The SMILES string of the molecule is CCc1noc(NC(=O)C2CCCN2S(=O)(=O)c2ccc(F)cc2)c1C. The molecule has 0 bridgehead atoms. The Balaban J connectivity index is 1.82. The van der Waals surface area contributed by atoms with Gasteiger partial charge in [0.15, 0.2) is 0 Å². The van der Waals surface area contributed by atoms with E-state index in [0.29, 0.717) is 19.3 Å². The maximum absolute atomic E-state index is 13.1. The second-order valence-corrected chi connectivity index (χ2v) is 8.04.